The Balaban J connectivity index is 1.52. The van der Waals surface area contributed by atoms with Crippen molar-refractivity contribution in [2.45, 2.75) is 6.61 Å². The lowest BCUT2D eigenvalue weighted by atomic mass is 10.2. The largest absolute Gasteiger partial charge is 0.489 e. The van der Waals surface area contributed by atoms with E-state index in [1.807, 2.05) is 48.5 Å². The third kappa shape index (κ3) is 6.05. The van der Waals surface area contributed by atoms with Gasteiger partial charge in [-0.1, -0.05) is 56.1 Å². The van der Waals surface area contributed by atoms with Gasteiger partial charge in [-0.25, -0.2) is 5.43 Å². The summed E-state index contributed by atoms with van der Waals surface area (Å²) in [5.41, 5.74) is 5.00. The van der Waals surface area contributed by atoms with Crippen molar-refractivity contribution in [3.05, 3.63) is 98.4 Å². The maximum atomic E-state index is 12.1. The third-order valence-electron chi connectivity index (χ3n) is 3.68. The Morgan fingerprint density at radius 3 is 2.11 bits per heavy atom. The Hall–Kier alpha value is -2.44. The second-order valence-electron chi connectivity index (χ2n) is 5.69. The third-order valence-corrected chi connectivity index (χ3v) is 4.74. The van der Waals surface area contributed by atoms with Crippen molar-refractivity contribution in [2.75, 3.05) is 0 Å². The van der Waals surface area contributed by atoms with Gasteiger partial charge in [0.25, 0.3) is 5.91 Å². The lowest BCUT2D eigenvalue weighted by Gasteiger charge is -2.07. The molecule has 0 aromatic heterocycles. The molecule has 6 heteroatoms. The first-order valence-electron chi connectivity index (χ1n) is 8.16. The molecule has 1 amide bonds. The van der Waals surface area contributed by atoms with E-state index in [1.54, 1.807) is 30.5 Å². The SMILES string of the molecule is O=C(N/N=C\c1ccc(Br)cc1)c1ccc(OCc2ccc(Br)cc2)cc1. The highest BCUT2D eigenvalue weighted by Gasteiger charge is 2.04. The van der Waals surface area contributed by atoms with Crippen LogP contribution in [-0.2, 0) is 6.61 Å². The highest BCUT2D eigenvalue weighted by Crippen LogP contribution is 2.16. The summed E-state index contributed by atoms with van der Waals surface area (Å²) < 4.78 is 7.76. The van der Waals surface area contributed by atoms with E-state index in [-0.39, 0.29) is 5.91 Å². The number of rotatable bonds is 6. The molecular formula is C21H16Br2N2O2. The molecule has 0 saturated heterocycles. The monoisotopic (exact) mass is 486 g/mol. The summed E-state index contributed by atoms with van der Waals surface area (Å²) in [6, 6.07) is 22.5. The Morgan fingerprint density at radius 1 is 0.889 bits per heavy atom. The minimum Gasteiger partial charge on any atom is -0.489 e. The molecule has 136 valence electrons. The van der Waals surface area contributed by atoms with Crippen LogP contribution in [0.15, 0.2) is 86.8 Å². The van der Waals surface area contributed by atoms with Crippen LogP contribution < -0.4 is 10.2 Å². The van der Waals surface area contributed by atoms with Gasteiger partial charge in [0.2, 0.25) is 0 Å². The minimum atomic E-state index is -0.275. The number of carbonyl (C=O) groups excluding carboxylic acids is 1. The molecule has 0 aliphatic heterocycles. The van der Waals surface area contributed by atoms with Gasteiger partial charge in [-0.3, -0.25) is 4.79 Å². The van der Waals surface area contributed by atoms with Crippen LogP contribution in [-0.4, -0.2) is 12.1 Å². The first-order valence-corrected chi connectivity index (χ1v) is 9.75. The molecular weight excluding hydrogens is 472 g/mol. The molecule has 0 unspecified atom stereocenters. The number of hydrogen-bond acceptors (Lipinski definition) is 3. The molecule has 0 aliphatic carbocycles. The molecule has 3 aromatic carbocycles. The second kappa shape index (κ2) is 9.48. The predicted octanol–water partition coefficient (Wildman–Crippen LogP) is 5.55. The highest BCUT2D eigenvalue weighted by atomic mass is 79.9. The molecule has 3 rings (SSSR count). The molecule has 0 heterocycles. The number of hydrazone groups is 1. The number of amides is 1. The summed E-state index contributed by atoms with van der Waals surface area (Å²) in [7, 11) is 0. The van der Waals surface area contributed by atoms with E-state index in [1.165, 1.54) is 0 Å². The van der Waals surface area contributed by atoms with Crippen molar-refractivity contribution < 1.29 is 9.53 Å². The van der Waals surface area contributed by atoms with Crippen LogP contribution in [0, 0.1) is 0 Å². The van der Waals surface area contributed by atoms with Crippen LogP contribution in [0.25, 0.3) is 0 Å². The number of halogens is 2. The van der Waals surface area contributed by atoms with Crippen LogP contribution in [0.5, 0.6) is 5.75 Å². The zero-order chi connectivity index (χ0) is 19.1. The van der Waals surface area contributed by atoms with Gasteiger partial charge in [0.1, 0.15) is 12.4 Å². The average Bonchev–Trinajstić information content (AvgIpc) is 2.69. The number of ether oxygens (including phenoxy) is 1. The van der Waals surface area contributed by atoms with Gasteiger partial charge < -0.3 is 4.74 Å². The molecule has 0 bridgehead atoms. The molecule has 4 nitrogen and oxygen atoms in total. The van der Waals surface area contributed by atoms with Crippen molar-refractivity contribution in [1.82, 2.24) is 5.43 Å². The summed E-state index contributed by atoms with van der Waals surface area (Å²) in [5.74, 6) is 0.427. The molecule has 0 fully saturated rings. The maximum absolute atomic E-state index is 12.1. The van der Waals surface area contributed by atoms with Crippen LogP contribution in [0.1, 0.15) is 21.5 Å². The van der Waals surface area contributed by atoms with E-state index >= 15 is 0 Å². The maximum Gasteiger partial charge on any atom is 0.271 e. The van der Waals surface area contributed by atoms with Crippen molar-refractivity contribution in [1.29, 1.82) is 0 Å². The Morgan fingerprint density at radius 2 is 1.48 bits per heavy atom. The second-order valence-corrected chi connectivity index (χ2v) is 7.52. The van der Waals surface area contributed by atoms with Crippen molar-refractivity contribution in [2.24, 2.45) is 5.10 Å². The Kier molecular flexibility index (Phi) is 6.79. The number of carbonyl (C=O) groups is 1. The first kappa shape index (κ1) is 19.3. The molecule has 0 spiro atoms. The van der Waals surface area contributed by atoms with E-state index in [0.29, 0.717) is 17.9 Å². The quantitative estimate of drug-likeness (QED) is 0.365. The van der Waals surface area contributed by atoms with Gasteiger partial charge >= 0.3 is 0 Å². The number of hydrogen-bond donors (Lipinski definition) is 1. The highest BCUT2D eigenvalue weighted by molar-refractivity contribution is 9.10. The van der Waals surface area contributed by atoms with Gasteiger partial charge in [-0.05, 0) is 59.7 Å². The topological polar surface area (TPSA) is 50.7 Å². The Bertz CT molecular complexity index is 922. The fourth-order valence-electron chi connectivity index (χ4n) is 2.23. The van der Waals surface area contributed by atoms with Gasteiger partial charge in [0.15, 0.2) is 0 Å². The zero-order valence-corrected chi connectivity index (χ0v) is 17.4. The van der Waals surface area contributed by atoms with Crippen LogP contribution in [0.3, 0.4) is 0 Å². The molecule has 0 radical (unpaired) electrons. The number of nitrogens with zero attached hydrogens (tertiary/aromatic N) is 1. The summed E-state index contributed by atoms with van der Waals surface area (Å²) in [5, 5.41) is 3.98. The minimum absolute atomic E-state index is 0.275. The van der Waals surface area contributed by atoms with Crippen LogP contribution in [0.2, 0.25) is 0 Å². The zero-order valence-electron chi connectivity index (χ0n) is 14.2. The predicted molar refractivity (Wildman–Crippen MR) is 114 cm³/mol. The van der Waals surface area contributed by atoms with E-state index in [2.05, 4.69) is 42.4 Å². The van der Waals surface area contributed by atoms with Crippen molar-refractivity contribution in [3.63, 3.8) is 0 Å². The van der Waals surface area contributed by atoms with Gasteiger partial charge in [-0.2, -0.15) is 5.10 Å². The molecule has 3 aromatic rings. The standard InChI is InChI=1S/C21H16Br2N2O2/c22-18-7-1-15(2-8-18)13-24-25-21(26)17-5-11-20(12-6-17)27-14-16-3-9-19(23)10-4-16/h1-13H,14H2,(H,25,26)/b24-13-. The summed E-state index contributed by atoms with van der Waals surface area (Å²) in [6.07, 6.45) is 1.60. The number of nitrogens with one attached hydrogen (secondary N) is 1. The molecule has 27 heavy (non-hydrogen) atoms. The fourth-order valence-corrected chi connectivity index (χ4v) is 2.76. The molecule has 1 N–H and O–H groups in total. The molecule has 0 saturated carbocycles. The van der Waals surface area contributed by atoms with Gasteiger partial charge in [0, 0.05) is 14.5 Å². The van der Waals surface area contributed by atoms with E-state index in [0.717, 1.165) is 20.1 Å². The first-order chi connectivity index (χ1) is 13.1. The Labute approximate surface area is 174 Å². The number of benzene rings is 3. The van der Waals surface area contributed by atoms with Gasteiger partial charge in [-0.15, -0.1) is 0 Å². The summed E-state index contributed by atoms with van der Waals surface area (Å²) in [4.78, 5) is 12.1. The summed E-state index contributed by atoms with van der Waals surface area (Å²) in [6.45, 7) is 0.469. The van der Waals surface area contributed by atoms with E-state index < -0.39 is 0 Å². The lowest BCUT2D eigenvalue weighted by Crippen LogP contribution is -2.17. The van der Waals surface area contributed by atoms with E-state index in [9.17, 15) is 4.79 Å². The molecule has 0 atom stereocenters. The summed E-state index contributed by atoms with van der Waals surface area (Å²) >= 11 is 6.78. The van der Waals surface area contributed by atoms with Crippen LogP contribution >= 0.6 is 31.9 Å². The smallest absolute Gasteiger partial charge is 0.271 e. The van der Waals surface area contributed by atoms with Crippen LogP contribution in [0.4, 0.5) is 0 Å². The lowest BCUT2D eigenvalue weighted by molar-refractivity contribution is 0.0955. The normalized spacial score (nSPS) is 10.7. The molecule has 0 aliphatic rings. The fraction of sp³-hybridized carbons (Fsp3) is 0.0476. The van der Waals surface area contributed by atoms with Gasteiger partial charge in [0.05, 0.1) is 6.21 Å². The van der Waals surface area contributed by atoms with E-state index in [4.69, 9.17) is 4.74 Å². The average molecular weight is 488 g/mol. The van der Waals surface area contributed by atoms with Crippen molar-refractivity contribution >= 4 is 44.0 Å². The van der Waals surface area contributed by atoms with Crippen molar-refractivity contribution in [3.8, 4) is 5.75 Å².